The molecule has 1 fully saturated rings. The average molecular weight is 266 g/mol. The first kappa shape index (κ1) is 14.0. The topological polar surface area (TPSA) is 73.5 Å². The standard InChI is InChI=1S/C13H22N4O2/c1-4-18-13-7-12(15-10(3)16-13)17-5-6-19-11(8-17)9(2)14/h7,9,11H,4-6,8,14H2,1-3H3. The Morgan fingerprint density at radius 2 is 2.37 bits per heavy atom. The molecule has 1 aliphatic heterocycles. The van der Waals surface area contributed by atoms with Crippen LogP contribution in [0.1, 0.15) is 19.7 Å². The van der Waals surface area contributed by atoms with Gasteiger partial charge in [-0.1, -0.05) is 0 Å². The Morgan fingerprint density at radius 3 is 3.05 bits per heavy atom. The molecule has 2 N–H and O–H groups in total. The average Bonchev–Trinajstić information content (AvgIpc) is 2.38. The molecule has 1 aromatic rings. The number of nitrogens with two attached hydrogens (primary N) is 1. The van der Waals surface area contributed by atoms with Gasteiger partial charge >= 0.3 is 0 Å². The minimum absolute atomic E-state index is 0.0112. The van der Waals surface area contributed by atoms with Gasteiger partial charge in [0.25, 0.3) is 0 Å². The van der Waals surface area contributed by atoms with E-state index in [1.165, 1.54) is 0 Å². The van der Waals surface area contributed by atoms with Gasteiger partial charge in [-0.25, -0.2) is 4.98 Å². The van der Waals surface area contributed by atoms with Gasteiger partial charge < -0.3 is 20.1 Å². The Hall–Kier alpha value is -1.40. The molecule has 0 radical (unpaired) electrons. The highest BCUT2D eigenvalue weighted by Gasteiger charge is 2.24. The Balaban J connectivity index is 2.16. The summed E-state index contributed by atoms with van der Waals surface area (Å²) in [7, 11) is 0. The van der Waals surface area contributed by atoms with Crippen molar-refractivity contribution in [1.82, 2.24) is 9.97 Å². The number of hydrogen-bond acceptors (Lipinski definition) is 6. The highest BCUT2D eigenvalue weighted by molar-refractivity contribution is 5.42. The van der Waals surface area contributed by atoms with Crippen LogP contribution in [0, 0.1) is 6.92 Å². The van der Waals surface area contributed by atoms with E-state index < -0.39 is 0 Å². The van der Waals surface area contributed by atoms with Crippen molar-refractivity contribution in [3.63, 3.8) is 0 Å². The molecule has 0 saturated carbocycles. The van der Waals surface area contributed by atoms with Crippen molar-refractivity contribution in [2.75, 3.05) is 31.2 Å². The summed E-state index contributed by atoms with van der Waals surface area (Å²) >= 11 is 0. The fourth-order valence-corrected chi connectivity index (χ4v) is 2.11. The van der Waals surface area contributed by atoms with Crippen LogP contribution in [-0.4, -0.2) is 48.4 Å². The molecule has 0 spiro atoms. The van der Waals surface area contributed by atoms with Crippen LogP contribution in [0.2, 0.25) is 0 Å². The zero-order valence-electron chi connectivity index (χ0n) is 11.8. The Morgan fingerprint density at radius 1 is 1.58 bits per heavy atom. The van der Waals surface area contributed by atoms with Gasteiger partial charge in [0.2, 0.25) is 5.88 Å². The minimum atomic E-state index is 0.0112. The van der Waals surface area contributed by atoms with Crippen LogP contribution in [0.15, 0.2) is 6.07 Å². The van der Waals surface area contributed by atoms with Gasteiger partial charge in [-0.2, -0.15) is 4.98 Å². The van der Waals surface area contributed by atoms with Gasteiger partial charge in [-0.05, 0) is 20.8 Å². The molecule has 2 unspecified atom stereocenters. The molecule has 2 rings (SSSR count). The molecule has 0 amide bonds. The lowest BCUT2D eigenvalue weighted by molar-refractivity contribution is 0.0273. The summed E-state index contributed by atoms with van der Waals surface area (Å²) in [5.74, 6) is 2.21. The summed E-state index contributed by atoms with van der Waals surface area (Å²) in [6, 6.07) is 1.89. The van der Waals surface area contributed by atoms with Crippen molar-refractivity contribution in [1.29, 1.82) is 0 Å². The van der Waals surface area contributed by atoms with E-state index in [4.69, 9.17) is 15.2 Å². The van der Waals surface area contributed by atoms with Crippen LogP contribution in [-0.2, 0) is 4.74 Å². The summed E-state index contributed by atoms with van der Waals surface area (Å²) in [5, 5.41) is 0. The number of nitrogens with zero attached hydrogens (tertiary/aromatic N) is 3. The van der Waals surface area contributed by atoms with Crippen molar-refractivity contribution >= 4 is 5.82 Å². The molecular weight excluding hydrogens is 244 g/mol. The van der Waals surface area contributed by atoms with Crippen molar-refractivity contribution in [2.45, 2.75) is 32.9 Å². The third-order valence-electron chi connectivity index (χ3n) is 3.10. The normalized spacial score (nSPS) is 21.3. The Bertz CT molecular complexity index is 425. The minimum Gasteiger partial charge on any atom is -0.478 e. The van der Waals surface area contributed by atoms with E-state index in [9.17, 15) is 0 Å². The third-order valence-corrected chi connectivity index (χ3v) is 3.10. The number of rotatable bonds is 4. The second-order valence-corrected chi connectivity index (χ2v) is 4.76. The molecule has 6 heteroatoms. The Kier molecular flexibility index (Phi) is 4.55. The lowest BCUT2D eigenvalue weighted by Crippen LogP contribution is -2.49. The molecule has 1 aliphatic rings. The fourth-order valence-electron chi connectivity index (χ4n) is 2.11. The molecule has 0 aromatic carbocycles. The van der Waals surface area contributed by atoms with E-state index in [-0.39, 0.29) is 12.1 Å². The summed E-state index contributed by atoms with van der Waals surface area (Å²) in [6.07, 6.45) is 0.0413. The lowest BCUT2D eigenvalue weighted by atomic mass is 10.1. The Labute approximate surface area is 113 Å². The molecule has 1 aromatic heterocycles. The monoisotopic (exact) mass is 266 g/mol. The predicted octanol–water partition coefficient (Wildman–Crippen LogP) is 0.736. The SMILES string of the molecule is CCOc1cc(N2CCOC(C(C)N)C2)nc(C)n1. The van der Waals surface area contributed by atoms with Crippen molar-refractivity contribution in [3.8, 4) is 5.88 Å². The number of ether oxygens (including phenoxy) is 2. The molecule has 0 bridgehead atoms. The second-order valence-electron chi connectivity index (χ2n) is 4.76. The summed E-state index contributed by atoms with van der Waals surface area (Å²) in [5.41, 5.74) is 5.91. The molecule has 1 saturated heterocycles. The van der Waals surface area contributed by atoms with Gasteiger partial charge in [0.1, 0.15) is 11.6 Å². The second kappa shape index (κ2) is 6.16. The zero-order chi connectivity index (χ0) is 13.8. The van der Waals surface area contributed by atoms with Crippen molar-refractivity contribution in [2.24, 2.45) is 5.73 Å². The number of aryl methyl sites for hydroxylation is 1. The quantitative estimate of drug-likeness (QED) is 0.866. The maximum Gasteiger partial charge on any atom is 0.218 e. The van der Waals surface area contributed by atoms with Crippen LogP contribution in [0.5, 0.6) is 5.88 Å². The number of morpholine rings is 1. The fraction of sp³-hybridized carbons (Fsp3) is 0.692. The maximum absolute atomic E-state index is 5.91. The van der Waals surface area contributed by atoms with E-state index in [1.54, 1.807) is 0 Å². The molecule has 0 aliphatic carbocycles. The van der Waals surface area contributed by atoms with Crippen LogP contribution >= 0.6 is 0 Å². The van der Waals surface area contributed by atoms with E-state index in [0.717, 1.165) is 18.9 Å². The maximum atomic E-state index is 5.91. The van der Waals surface area contributed by atoms with E-state index in [2.05, 4.69) is 14.9 Å². The van der Waals surface area contributed by atoms with E-state index in [1.807, 2.05) is 26.8 Å². The third kappa shape index (κ3) is 3.54. The molecule has 106 valence electrons. The molecule has 2 heterocycles. The smallest absolute Gasteiger partial charge is 0.218 e. The predicted molar refractivity (Wildman–Crippen MR) is 73.5 cm³/mol. The van der Waals surface area contributed by atoms with Crippen LogP contribution < -0.4 is 15.4 Å². The number of anilines is 1. The first-order valence-electron chi connectivity index (χ1n) is 6.70. The van der Waals surface area contributed by atoms with E-state index >= 15 is 0 Å². The molecule has 2 atom stereocenters. The number of hydrogen-bond donors (Lipinski definition) is 1. The van der Waals surface area contributed by atoms with Crippen LogP contribution in [0.3, 0.4) is 0 Å². The van der Waals surface area contributed by atoms with E-state index in [0.29, 0.717) is 24.9 Å². The zero-order valence-corrected chi connectivity index (χ0v) is 11.8. The number of aromatic nitrogens is 2. The highest BCUT2D eigenvalue weighted by atomic mass is 16.5. The summed E-state index contributed by atoms with van der Waals surface area (Å²) < 4.78 is 11.1. The van der Waals surface area contributed by atoms with Crippen LogP contribution in [0.25, 0.3) is 0 Å². The summed E-state index contributed by atoms with van der Waals surface area (Å²) in [4.78, 5) is 10.9. The molecular formula is C13H22N4O2. The highest BCUT2D eigenvalue weighted by Crippen LogP contribution is 2.20. The first-order valence-corrected chi connectivity index (χ1v) is 6.70. The van der Waals surface area contributed by atoms with Crippen molar-refractivity contribution in [3.05, 3.63) is 11.9 Å². The largest absolute Gasteiger partial charge is 0.478 e. The van der Waals surface area contributed by atoms with Gasteiger partial charge in [-0.15, -0.1) is 0 Å². The molecule has 19 heavy (non-hydrogen) atoms. The lowest BCUT2D eigenvalue weighted by Gasteiger charge is -2.35. The van der Waals surface area contributed by atoms with Crippen LogP contribution in [0.4, 0.5) is 5.82 Å². The first-order chi connectivity index (χ1) is 9.10. The molecule has 6 nitrogen and oxygen atoms in total. The van der Waals surface area contributed by atoms with Crippen molar-refractivity contribution < 1.29 is 9.47 Å². The van der Waals surface area contributed by atoms with Gasteiger partial charge in [0.05, 0.1) is 19.3 Å². The summed E-state index contributed by atoms with van der Waals surface area (Å²) in [6.45, 7) is 8.60. The van der Waals surface area contributed by atoms with Gasteiger partial charge in [-0.3, -0.25) is 0 Å². The van der Waals surface area contributed by atoms with Gasteiger partial charge in [0, 0.05) is 25.2 Å². The van der Waals surface area contributed by atoms with Gasteiger partial charge in [0.15, 0.2) is 0 Å².